The van der Waals surface area contributed by atoms with Crippen LogP contribution in [0.2, 0.25) is 0 Å². The van der Waals surface area contributed by atoms with E-state index in [9.17, 15) is 14.7 Å². The molecule has 2 rings (SSSR count). The van der Waals surface area contributed by atoms with Crippen LogP contribution >= 0.6 is 11.3 Å². The summed E-state index contributed by atoms with van der Waals surface area (Å²) in [7, 11) is 0. The molecule has 0 spiro atoms. The van der Waals surface area contributed by atoms with Gasteiger partial charge in [-0.25, -0.2) is 0 Å². The molecule has 0 bridgehead atoms. The standard InChI is InChI=1S/C15H15NO3S/c1-10(18)12-7-14(20-9-12)15(19)16-13(8-17)11-5-3-2-4-6-11/h2-7,9,13,17H,8H2,1H3,(H,16,19)/t13-/m1/s1. The monoisotopic (exact) mass is 289 g/mol. The summed E-state index contributed by atoms with van der Waals surface area (Å²) in [5, 5.41) is 13.8. The summed E-state index contributed by atoms with van der Waals surface area (Å²) in [5.41, 5.74) is 1.37. The molecule has 0 radical (unpaired) electrons. The fourth-order valence-electron chi connectivity index (χ4n) is 1.79. The quantitative estimate of drug-likeness (QED) is 0.831. The van der Waals surface area contributed by atoms with Crippen LogP contribution in [0.4, 0.5) is 0 Å². The summed E-state index contributed by atoms with van der Waals surface area (Å²) < 4.78 is 0. The molecule has 0 aliphatic heterocycles. The number of nitrogens with one attached hydrogen (secondary N) is 1. The van der Waals surface area contributed by atoms with Crippen molar-refractivity contribution in [3.8, 4) is 0 Å². The van der Waals surface area contributed by atoms with Crippen LogP contribution in [0.15, 0.2) is 41.8 Å². The Morgan fingerprint density at radius 2 is 2.00 bits per heavy atom. The molecule has 1 aromatic heterocycles. The Morgan fingerprint density at radius 1 is 1.30 bits per heavy atom. The van der Waals surface area contributed by atoms with E-state index in [2.05, 4.69) is 5.32 Å². The van der Waals surface area contributed by atoms with Gasteiger partial charge in [-0.3, -0.25) is 9.59 Å². The number of ketones is 1. The third kappa shape index (κ3) is 3.31. The fourth-order valence-corrected chi connectivity index (χ4v) is 2.64. The van der Waals surface area contributed by atoms with Gasteiger partial charge in [-0.1, -0.05) is 30.3 Å². The highest BCUT2D eigenvalue weighted by atomic mass is 32.1. The number of rotatable bonds is 5. The zero-order valence-electron chi connectivity index (χ0n) is 11.0. The molecule has 2 aromatic rings. The van der Waals surface area contributed by atoms with E-state index in [0.29, 0.717) is 10.4 Å². The van der Waals surface area contributed by atoms with Gasteiger partial charge in [0.2, 0.25) is 0 Å². The van der Waals surface area contributed by atoms with Gasteiger partial charge < -0.3 is 10.4 Å². The maximum absolute atomic E-state index is 12.1. The number of thiophene rings is 1. The van der Waals surface area contributed by atoms with Crippen molar-refractivity contribution in [1.82, 2.24) is 5.32 Å². The summed E-state index contributed by atoms with van der Waals surface area (Å²) in [6.07, 6.45) is 0. The molecule has 1 heterocycles. The van der Waals surface area contributed by atoms with Crippen LogP contribution < -0.4 is 5.32 Å². The highest BCUT2D eigenvalue weighted by molar-refractivity contribution is 7.12. The fraction of sp³-hybridized carbons (Fsp3) is 0.200. The number of amides is 1. The molecular formula is C15H15NO3S. The summed E-state index contributed by atoms with van der Waals surface area (Å²) in [6.45, 7) is 1.28. The van der Waals surface area contributed by atoms with Crippen molar-refractivity contribution < 1.29 is 14.7 Å². The third-order valence-corrected chi connectivity index (χ3v) is 3.85. The Balaban J connectivity index is 2.11. The van der Waals surface area contributed by atoms with Crippen LogP contribution in [0.5, 0.6) is 0 Å². The van der Waals surface area contributed by atoms with E-state index in [1.165, 1.54) is 18.3 Å². The molecule has 1 atom stereocenters. The first-order valence-electron chi connectivity index (χ1n) is 6.18. The maximum atomic E-state index is 12.1. The lowest BCUT2D eigenvalue weighted by atomic mass is 10.1. The van der Waals surface area contributed by atoms with Gasteiger partial charge in [0.25, 0.3) is 5.91 Å². The first-order valence-corrected chi connectivity index (χ1v) is 7.06. The smallest absolute Gasteiger partial charge is 0.261 e. The maximum Gasteiger partial charge on any atom is 0.261 e. The van der Waals surface area contributed by atoms with Crippen molar-refractivity contribution in [2.24, 2.45) is 0 Å². The van der Waals surface area contributed by atoms with Gasteiger partial charge in [0.15, 0.2) is 5.78 Å². The number of aliphatic hydroxyl groups excluding tert-OH is 1. The van der Waals surface area contributed by atoms with Crippen molar-refractivity contribution in [2.45, 2.75) is 13.0 Å². The van der Waals surface area contributed by atoms with Crippen molar-refractivity contribution in [3.63, 3.8) is 0 Å². The lowest BCUT2D eigenvalue weighted by Gasteiger charge is -2.16. The summed E-state index contributed by atoms with van der Waals surface area (Å²) in [4.78, 5) is 23.8. The normalized spacial score (nSPS) is 11.9. The summed E-state index contributed by atoms with van der Waals surface area (Å²) in [6, 6.07) is 10.4. The number of benzene rings is 1. The van der Waals surface area contributed by atoms with Crippen molar-refractivity contribution in [1.29, 1.82) is 0 Å². The van der Waals surface area contributed by atoms with Crippen molar-refractivity contribution in [3.05, 3.63) is 57.8 Å². The van der Waals surface area contributed by atoms with E-state index in [4.69, 9.17) is 0 Å². The van der Waals surface area contributed by atoms with Gasteiger partial charge in [0.1, 0.15) is 0 Å². The Hall–Kier alpha value is -1.98. The number of hydrogen-bond acceptors (Lipinski definition) is 4. The van der Waals surface area contributed by atoms with Crippen LogP contribution in [0.1, 0.15) is 38.6 Å². The highest BCUT2D eigenvalue weighted by Crippen LogP contribution is 2.18. The van der Waals surface area contributed by atoms with Crippen LogP contribution in [-0.2, 0) is 0 Å². The van der Waals surface area contributed by atoms with E-state index in [1.54, 1.807) is 11.4 Å². The molecule has 0 saturated heterocycles. The van der Waals surface area contributed by atoms with Crippen LogP contribution in [0.3, 0.4) is 0 Å². The van der Waals surface area contributed by atoms with Gasteiger partial charge in [0.05, 0.1) is 17.5 Å². The lowest BCUT2D eigenvalue weighted by molar-refractivity contribution is 0.0920. The van der Waals surface area contributed by atoms with Crippen molar-refractivity contribution in [2.75, 3.05) is 6.61 Å². The molecule has 0 fully saturated rings. The Morgan fingerprint density at radius 3 is 2.55 bits per heavy atom. The minimum absolute atomic E-state index is 0.0675. The van der Waals surface area contributed by atoms with E-state index in [0.717, 1.165) is 5.56 Å². The molecule has 5 heteroatoms. The largest absolute Gasteiger partial charge is 0.394 e. The SMILES string of the molecule is CC(=O)c1csc(C(=O)N[C@H](CO)c2ccccc2)c1. The average Bonchev–Trinajstić information content (AvgIpc) is 2.95. The van der Waals surface area contributed by atoms with E-state index < -0.39 is 6.04 Å². The van der Waals surface area contributed by atoms with Crippen LogP contribution in [0.25, 0.3) is 0 Å². The lowest BCUT2D eigenvalue weighted by Crippen LogP contribution is -2.30. The topological polar surface area (TPSA) is 66.4 Å². The molecule has 0 saturated carbocycles. The zero-order valence-corrected chi connectivity index (χ0v) is 11.8. The Bertz CT molecular complexity index is 607. The second-order valence-electron chi connectivity index (χ2n) is 4.38. The predicted molar refractivity (Wildman–Crippen MR) is 78.1 cm³/mol. The number of hydrogen-bond donors (Lipinski definition) is 2. The molecule has 20 heavy (non-hydrogen) atoms. The molecule has 4 nitrogen and oxygen atoms in total. The second kappa shape index (κ2) is 6.45. The molecule has 0 aliphatic carbocycles. The molecule has 1 aromatic carbocycles. The molecule has 1 amide bonds. The third-order valence-electron chi connectivity index (χ3n) is 2.92. The average molecular weight is 289 g/mol. The molecule has 0 unspecified atom stereocenters. The van der Waals surface area contributed by atoms with Gasteiger partial charge >= 0.3 is 0 Å². The minimum atomic E-state index is -0.452. The predicted octanol–water partition coefficient (Wildman–Crippen LogP) is 2.41. The molecule has 2 N–H and O–H groups in total. The van der Waals surface area contributed by atoms with Crippen molar-refractivity contribution >= 4 is 23.0 Å². The number of aliphatic hydroxyl groups is 1. The van der Waals surface area contributed by atoms with Crippen LogP contribution in [0, 0.1) is 0 Å². The van der Waals surface area contributed by atoms with E-state index >= 15 is 0 Å². The van der Waals surface area contributed by atoms with Gasteiger partial charge in [0, 0.05) is 10.9 Å². The number of carbonyl (C=O) groups excluding carboxylic acids is 2. The van der Waals surface area contributed by atoms with E-state index in [-0.39, 0.29) is 18.3 Å². The molecule has 104 valence electrons. The summed E-state index contributed by atoms with van der Waals surface area (Å²) in [5.74, 6) is -0.354. The number of Topliss-reactive ketones (excluding diaryl/α,β-unsaturated/α-hetero) is 1. The van der Waals surface area contributed by atoms with Crippen LogP contribution in [-0.4, -0.2) is 23.4 Å². The van der Waals surface area contributed by atoms with Gasteiger partial charge in [-0.2, -0.15) is 0 Å². The first-order chi connectivity index (χ1) is 9.61. The number of carbonyl (C=O) groups is 2. The molecular weight excluding hydrogens is 274 g/mol. The second-order valence-corrected chi connectivity index (χ2v) is 5.29. The Kier molecular flexibility index (Phi) is 4.65. The highest BCUT2D eigenvalue weighted by Gasteiger charge is 2.16. The Labute approximate surface area is 121 Å². The zero-order chi connectivity index (χ0) is 14.5. The first kappa shape index (κ1) is 14.4. The molecule has 0 aliphatic rings. The minimum Gasteiger partial charge on any atom is -0.394 e. The summed E-state index contributed by atoms with van der Waals surface area (Å²) >= 11 is 1.22. The van der Waals surface area contributed by atoms with Gasteiger partial charge in [-0.05, 0) is 18.6 Å². The van der Waals surface area contributed by atoms with Gasteiger partial charge in [-0.15, -0.1) is 11.3 Å². The van der Waals surface area contributed by atoms with E-state index in [1.807, 2.05) is 30.3 Å².